The zero-order valence-corrected chi connectivity index (χ0v) is 12.4. The van der Waals surface area contributed by atoms with E-state index in [1.807, 2.05) is 12.1 Å². The van der Waals surface area contributed by atoms with Gasteiger partial charge in [0.05, 0.1) is 0 Å². The molecule has 106 valence electrons. The molecule has 0 radical (unpaired) electrons. The Balaban J connectivity index is 2.12. The molecule has 1 aromatic rings. The number of benzene rings is 1. The second kappa shape index (κ2) is 6.95. The molecule has 0 saturated carbocycles. The van der Waals surface area contributed by atoms with Crippen molar-refractivity contribution in [3.05, 3.63) is 29.3 Å². The number of nitrogens with zero attached hydrogens (tertiary/aromatic N) is 1. The van der Waals surface area contributed by atoms with Crippen molar-refractivity contribution >= 4 is 0 Å². The monoisotopic (exact) mass is 261 g/mol. The maximum Gasteiger partial charge on any atom is 0.119 e. The Kier molecular flexibility index (Phi) is 5.26. The summed E-state index contributed by atoms with van der Waals surface area (Å²) in [4.78, 5) is 2.59. The largest absolute Gasteiger partial charge is 0.508 e. The van der Waals surface area contributed by atoms with Crippen molar-refractivity contribution in [1.29, 1.82) is 0 Å². The second-order valence-electron chi connectivity index (χ2n) is 5.73. The second-order valence-corrected chi connectivity index (χ2v) is 5.73. The first-order valence-electron chi connectivity index (χ1n) is 7.79. The molecule has 1 N–H and O–H groups in total. The molecule has 0 bridgehead atoms. The summed E-state index contributed by atoms with van der Waals surface area (Å²) in [6, 6.07) is 6.04. The lowest BCUT2D eigenvalue weighted by Gasteiger charge is -2.31. The van der Waals surface area contributed by atoms with Crippen molar-refractivity contribution in [2.45, 2.75) is 51.9 Å². The Labute approximate surface area is 117 Å². The SMILES string of the molecule is CCCN(CCC)CC1CCCc2c(O)cccc21. The zero-order valence-electron chi connectivity index (χ0n) is 12.4. The number of hydrogen-bond acceptors (Lipinski definition) is 2. The predicted molar refractivity (Wildman–Crippen MR) is 80.8 cm³/mol. The van der Waals surface area contributed by atoms with Crippen LogP contribution in [0.15, 0.2) is 18.2 Å². The van der Waals surface area contributed by atoms with Crippen LogP contribution in [0.3, 0.4) is 0 Å². The van der Waals surface area contributed by atoms with Gasteiger partial charge in [-0.05, 0) is 68.3 Å². The van der Waals surface area contributed by atoms with Crippen LogP contribution in [0.25, 0.3) is 0 Å². The fraction of sp³-hybridized carbons (Fsp3) is 0.647. The van der Waals surface area contributed by atoms with Crippen LogP contribution in [0.2, 0.25) is 0 Å². The first-order chi connectivity index (χ1) is 9.26. The van der Waals surface area contributed by atoms with E-state index in [1.54, 1.807) is 0 Å². The summed E-state index contributed by atoms with van der Waals surface area (Å²) in [6.07, 6.45) is 5.96. The van der Waals surface area contributed by atoms with E-state index in [2.05, 4.69) is 24.8 Å². The summed E-state index contributed by atoms with van der Waals surface area (Å²) in [7, 11) is 0. The van der Waals surface area contributed by atoms with Gasteiger partial charge in [0.1, 0.15) is 5.75 Å². The number of phenols is 1. The molecular weight excluding hydrogens is 234 g/mol. The molecule has 0 aromatic heterocycles. The molecule has 19 heavy (non-hydrogen) atoms. The van der Waals surface area contributed by atoms with Crippen molar-refractivity contribution in [2.24, 2.45) is 0 Å². The average molecular weight is 261 g/mol. The third-order valence-electron chi connectivity index (χ3n) is 4.16. The maximum absolute atomic E-state index is 10.0. The van der Waals surface area contributed by atoms with E-state index >= 15 is 0 Å². The predicted octanol–water partition coefficient (Wildman–Crippen LogP) is 3.93. The highest BCUT2D eigenvalue weighted by Crippen LogP contribution is 2.36. The Morgan fingerprint density at radius 3 is 2.63 bits per heavy atom. The van der Waals surface area contributed by atoms with E-state index in [0.717, 1.165) is 13.0 Å². The normalized spacial score (nSPS) is 18.6. The molecule has 1 aliphatic rings. The fourth-order valence-corrected chi connectivity index (χ4v) is 3.36. The molecular formula is C17H27NO. The average Bonchev–Trinajstić information content (AvgIpc) is 2.40. The number of aromatic hydroxyl groups is 1. The molecule has 1 aromatic carbocycles. The first kappa shape index (κ1) is 14.4. The molecule has 2 heteroatoms. The van der Waals surface area contributed by atoms with Crippen molar-refractivity contribution in [2.75, 3.05) is 19.6 Å². The van der Waals surface area contributed by atoms with Gasteiger partial charge < -0.3 is 10.0 Å². The summed E-state index contributed by atoms with van der Waals surface area (Å²) in [5, 5.41) is 10.0. The summed E-state index contributed by atoms with van der Waals surface area (Å²) < 4.78 is 0. The van der Waals surface area contributed by atoms with E-state index in [4.69, 9.17) is 0 Å². The lowest BCUT2D eigenvalue weighted by Crippen LogP contribution is -2.31. The molecule has 0 spiro atoms. The first-order valence-corrected chi connectivity index (χ1v) is 7.79. The van der Waals surface area contributed by atoms with E-state index in [9.17, 15) is 5.11 Å². The van der Waals surface area contributed by atoms with Gasteiger partial charge in [0.25, 0.3) is 0 Å². The summed E-state index contributed by atoms with van der Waals surface area (Å²) in [5.74, 6) is 1.11. The lowest BCUT2D eigenvalue weighted by molar-refractivity contribution is 0.248. The van der Waals surface area contributed by atoms with Crippen LogP contribution in [0.1, 0.15) is 56.6 Å². The van der Waals surface area contributed by atoms with E-state index in [0.29, 0.717) is 11.7 Å². The number of phenolic OH excluding ortho intramolecular Hbond substituents is 1. The highest BCUT2D eigenvalue weighted by atomic mass is 16.3. The number of hydrogen-bond donors (Lipinski definition) is 1. The van der Waals surface area contributed by atoms with Gasteiger partial charge in [0, 0.05) is 6.54 Å². The Hall–Kier alpha value is -1.02. The number of rotatable bonds is 6. The van der Waals surface area contributed by atoms with Gasteiger partial charge in [0.15, 0.2) is 0 Å². The molecule has 2 nitrogen and oxygen atoms in total. The van der Waals surface area contributed by atoms with Crippen molar-refractivity contribution in [3.63, 3.8) is 0 Å². The molecule has 1 atom stereocenters. The molecule has 0 aliphatic heterocycles. The van der Waals surface area contributed by atoms with E-state index < -0.39 is 0 Å². The van der Waals surface area contributed by atoms with Gasteiger partial charge in [-0.1, -0.05) is 26.0 Å². The van der Waals surface area contributed by atoms with Gasteiger partial charge in [0.2, 0.25) is 0 Å². The standard InChI is InChI=1S/C17H27NO/c1-3-11-18(12-4-2)13-14-7-5-9-16-15(14)8-6-10-17(16)19/h6,8,10,14,19H,3-5,7,9,11-13H2,1-2H3. The van der Waals surface area contributed by atoms with Crippen LogP contribution in [-0.4, -0.2) is 29.6 Å². The van der Waals surface area contributed by atoms with E-state index in [-0.39, 0.29) is 0 Å². The van der Waals surface area contributed by atoms with Crippen molar-refractivity contribution in [3.8, 4) is 5.75 Å². The Morgan fingerprint density at radius 1 is 1.21 bits per heavy atom. The maximum atomic E-state index is 10.0. The topological polar surface area (TPSA) is 23.5 Å². The van der Waals surface area contributed by atoms with Crippen LogP contribution in [0.5, 0.6) is 5.75 Å². The molecule has 2 rings (SSSR count). The Morgan fingerprint density at radius 2 is 1.95 bits per heavy atom. The highest BCUT2D eigenvalue weighted by molar-refractivity contribution is 5.42. The molecule has 0 saturated heterocycles. The molecule has 1 unspecified atom stereocenters. The minimum absolute atomic E-state index is 0.500. The minimum atomic E-state index is 0.500. The number of fused-ring (bicyclic) bond motifs is 1. The van der Waals surface area contributed by atoms with E-state index in [1.165, 1.54) is 49.9 Å². The van der Waals surface area contributed by atoms with Gasteiger partial charge in [-0.2, -0.15) is 0 Å². The Bertz CT molecular complexity index is 396. The summed E-state index contributed by atoms with van der Waals surface area (Å²) in [6.45, 7) is 8.04. The van der Waals surface area contributed by atoms with Crippen LogP contribution in [0.4, 0.5) is 0 Å². The highest BCUT2D eigenvalue weighted by Gasteiger charge is 2.23. The van der Waals surface area contributed by atoms with Crippen LogP contribution in [0, 0.1) is 0 Å². The van der Waals surface area contributed by atoms with Crippen LogP contribution < -0.4 is 0 Å². The third kappa shape index (κ3) is 3.50. The molecule has 0 fully saturated rings. The van der Waals surface area contributed by atoms with Gasteiger partial charge in [-0.25, -0.2) is 0 Å². The van der Waals surface area contributed by atoms with Gasteiger partial charge in [-0.3, -0.25) is 0 Å². The lowest BCUT2D eigenvalue weighted by atomic mass is 9.82. The third-order valence-corrected chi connectivity index (χ3v) is 4.16. The van der Waals surface area contributed by atoms with Crippen LogP contribution in [-0.2, 0) is 6.42 Å². The van der Waals surface area contributed by atoms with Gasteiger partial charge in [-0.15, -0.1) is 0 Å². The minimum Gasteiger partial charge on any atom is -0.508 e. The fourth-order valence-electron chi connectivity index (χ4n) is 3.36. The molecule has 1 aliphatic carbocycles. The van der Waals surface area contributed by atoms with Crippen LogP contribution >= 0.6 is 0 Å². The quantitative estimate of drug-likeness (QED) is 0.838. The van der Waals surface area contributed by atoms with Gasteiger partial charge >= 0.3 is 0 Å². The zero-order chi connectivity index (χ0) is 13.7. The molecule has 0 heterocycles. The van der Waals surface area contributed by atoms with Crippen molar-refractivity contribution < 1.29 is 5.11 Å². The summed E-state index contributed by atoms with van der Waals surface area (Å²) in [5.41, 5.74) is 2.59. The molecule has 0 amide bonds. The van der Waals surface area contributed by atoms with Crippen molar-refractivity contribution in [1.82, 2.24) is 4.90 Å². The summed E-state index contributed by atoms with van der Waals surface area (Å²) >= 11 is 0. The smallest absolute Gasteiger partial charge is 0.119 e.